The van der Waals surface area contributed by atoms with Gasteiger partial charge < -0.3 is 10.6 Å². The van der Waals surface area contributed by atoms with Crippen molar-refractivity contribution in [1.82, 2.24) is 15.1 Å². The monoisotopic (exact) mass is 272 g/mol. The SMILES string of the molecule is CCCn1nccc1CNc1cccc(C(=O)NC)c1. The van der Waals surface area contributed by atoms with Gasteiger partial charge in [-0.05, 0) is 30.7 Å². The van der Waals surface area contributed by atoms with E-state index in [2.05, 4.69) is 22.7 Å². The average molecular weight is 272 g/mol. The zero-order valence-corrected chi connectivity index (χ0v) is 11.9. The van der Waals surface area contributed by atoms with Crippen LogP contribution in [0.5, 0.6) is 0 Å². The van der Waals surface area contributed by atoms with Gasteiger partial charge in [-0.2, -0.15) is 5.10 Å². The Labute approximate surface area is 119 Å². The van der Waals surface area contributed by atoms with Gasteiger partial charge in [0.1, 0.15) is 0 Å². The molecule has 20 heavy (non-hydrogen) atoms. The van der Waals surface area contributed by atoms with E-state index >= 15 is 0 Å². The molecule has 5 heteroatoms. The Balaban J connectivity index is 2.03. The second-order valence-electron chi connectivity index (χ2n) is 4.56. The summed E-state index contributed by atoms with van der Waals surface area (Å²) >= 11 is 0. The van der Waals surface area contributed by atoms with Crippen molar-refractivity contribution in [3.63, 3.8) is 0 Å². The van der Waals surface area contributed by atoms with Gasteiger partial charge in [0.25, 0.3) is 5.91 Å². The van der Waals surface area contributed by atoms with Crippen LogP contribution in [0.2, 0.25) is 0 Å². The quantitative estimate of drug-likeness (QED) is 0.848. The second-order valence-corrected chi connectivity index (χ2v) is 4.56. The lowest BCUT2D eigenvalue weighted by Crippen LogP contribution is -2.17. The molecular formula is C15H20N4O. The molecule has 5 nitrogen and oxygen atoms in total. The number of amides is 1. The van der Waals surface area contributed by atoms with Crippen LogP contribution in [0.3, 0.4) is 0 Å². The highest BCUT2D eigenvalue weighted by molar-refractivity contribution is 5.94. The fourth-order valence-electron chi connectivity index (χ4n) is 2.03. The Kier molecular flexibility index (Phi) is 4.76. The van der Waals surface area contributed by atoms with Gasteiger partial charge in [-0.15, -0.1) is 0 Å². The summed E-state index contributed by atoms with van der Waals surface area (Å²) in [5.41, 5.74) is 2.71. The average Bonchev–Trinajstić information content (AvgIpc) is 2.92. The van der Waals surface area contributed by atoms with Crippen molar-refractivity contribution in [3.05, 3.63) is 47.8 Å². The Morgan fingerprint density at radius 3 is 2.95 bits per heavy atom. The van der Waals surface area contributed by atoms with Gasteiger partial charge in [0.15, 0.2) is 0 Å². The van der Waals surface area contributed by atoms with E-state index in [1.54, 1.807) is 13.1 Å². The molecule has 2 aromatic rings. The molecule has 0 spiro atoms. The largest absolute Gasteiger partial charge is 0.379 e. The first-order valence-electron chi connectivity index (χ1n) is 6.81. The predicted molar refractivity (Wildman–Crippen MR) is 79.7 cm³/mol. The van der Waals surface area contributed by atoms with Gasteiger partial charge in [-0.1, -0.05) is 13.0 Å². The fraction of sp³-hybridized carbons (Fsp3) is 0.333. The molecule has 0 radical (unpaired) electrons. The number of aromatic nitrogens is 2. The van der Waals surface area contributed by atoms with Crippen LogP contribution in [-0.2, 0) is 13.1 Å². The molecule has 2 N–H and O–H groups in total. The number of nitrogens with one attached hydrogen (secondary N) is 2. The number of carbonyl (C=O) groups excluding carboxylic acids is 1. The van der Waals surface area contributed by atoms with Crippen LogP contribution in [-0.4, -0.2) is 22.7 Å². The first-order chi connectivity index (χ1) is 9.74. The summed E-state index contributed by atoms with van der Waals surface area (Å²) in [7, 11) is 1.63. The maximum absolute atomic E-state index is 11.6. The van der Waals surface area contributed by atoms with Gasteiger partial charge in [0.05, 0.1) is 12.2 Å². The summed E-state index contributed by atoms with van der Waals surface area (Å²) in [4.78, 5) is 11.6. The van der Waals surface area contributed by atoms with Crippen molar-refractivity contribution in [2.24, 2.45) is 0 Å². The van der Waals surface area contributed by atoms with E-state index in [9.17, 15) is 4.79 Å². The Morgan fingerprint density at radius 1 is 1.35 bits per heavy atom. The van der Waals surface area contributed by atoms with Crippen molar-refractivity contribution in [1.29, 1.82) is 0 Å². The highest BCUT2D eigenvalue weighted by Crippen LogP contribution is 2.12. The third-order valence-electron chi connectivity index (χ3n) is 3.07. The maximum Gasteiger partial charge on any atom is 0.251 e. The smallest absolute Gasteiger partial charge is 0.251 e. The van der Waals surface area contributed by atoms with E-state index < -0.39 is 0 Å². The zero-order valence-electron chi connectivity index (χ0n) is 11.9. The van der Waals surface area contributed by atoms with E-state index in [4.69, 9.17) is 0 Å². The molecular weight excluding hydrogens is 252 g/mol. The van der Waals surface area contributed by atoms with Gasteiger partial charge in [-0.25, -0.2) is 0 Å². The van der Waals surface area contributed by atoms with Crippen LogP contribution >= 0.6 is 0 Å². The zero-order chi connectivity index (χ0) is 14.4. The summed E-state index contributed by atoms with van der Waals surface area (Å²) in [6.07, 6.45) is 2.87. The second kappa shape index (κ2) is 6.75. The molecule has 1 aromatic carbocycles. The maximum atomic E-state index is 11.6. The minimum Gasteiger partial charge on any atom is -0.379 e. The number of hydrogen-bond acceptors (Lipinski definition) is 3. The van der Waals surface area contributed by atoms with Crippen LogP contribution in [0.4, 0.5) is 5.69 Å². The summed E-state index contributed by atoms with van der Waals surface area (Å²) < 4.78 is 2.00. The summed E-state index contributed by atoms with van der Waals surface area (Å²) in [6, 6.07) is 9.47. The van der Waals surface area contributed by atoms with Crippen LogP contribution in [0.1, 0.15) is 29.4 Å². The lowest BCUT2D eigenvalue weighted by Gasteiger charge is -2.10. The lowest BCUT2D eigenvalue weighted by molar-refractivity contribution is 0.0963. The van der Waals surface area contributed by atoms with E-state index in [0.717, 1.165) is 24.3 Å². The molecule has 0 bridgehead atoms. The number of carbonyl (C=O) groups is 1. The van der Waals surface area contributed by atoms with E-state index in [1.807, 2.05) is 35.1 Å². The van der Waals surface area contributed by atoms with Crippen LogP contribution in [0, 0.1) is 0 Å². The van der Waals surface area contributed by atoms with Gasteiger partial charge >= 0.3 is 0 Å². The third kappa shape index (κ3) is 3.38. The number of aryl methyl sites for hydroxylation is 1. The van der Waals surface area contributed by atoms with Crippen molar-refractivity contribution in [2.75, 3.05) is 12.4 Å². The molecule has 0 fully saturated rings. The summed E-state index contributed by atoms with van der Waals surface area (Å²) in [5, 5.41) is 10.2. The number of anilines is 1. The number of nitrogens with zero attached hydrogens (tertiary/aromatic N) is 2. The summed E-state index contributed by atoms with van der Waals surface area (Å²) in [5.74, 6) is -0.0790. The van der Waals surface area contributed by atoms with Crippen molar-refractivity contribution in [3.8, 4) is 0 Å². The molecule has 0 unspecified atom stereocenters. The minimum absolute atomic E-state index is 0.0790. The molecule has 0 atom stereocenters. The Bertz CT molecular complexity index is 577. The lowest BCUT2D eigenvalue weighted by atomic mass is 10.2. The molecule has 0 aliphatic heterocycles. The normalized spacial score (nSPS) is 10.3. The van der Waals surface area contributed by atoms with Crippen molar-refractivity contribution in [2.45, 2.75) is 26.4 Å². The summed E-state index contributed by atoms with van der Waals surface area (Å²) in [6.45, 7) is 3.74. The van der Waals surface area contributed by atoms with Crippen LogP contribution in [0.25, 0.3) is 0 Å². The number of hydrogen-bond donors (Lipinski definition) is 2. The van der Waals surface area contributed by atoms with Crippen molar-refractivity contribution < 1.29 is 4.79 Å². The van der Waals surface area contributed by atoms with Crippen molar-refractivity contribution >= 4 is 11.6 Å². The van der Waals surface area contributed by atoms with E-state index in [1.165, 1.54) is 0 Å². The molecule has 0 saturated heterocycles. The Morgan fingerprint density at radius 2 is 2.20 bits per heavy atom. The topological polar surface area (TPSA) is 59.0 Å². The molecule has 1 aromatic heterocycles. The molecule has 2 rings (SSSR count). The van der Waals surface area contributed by atoms with E-state index in [-0.39, 0.29) is 5.91 Å². The molecule has 0 aliphatic carbocycles. The molecule has 1 heterocycles. The van der Waals surface area contributed by atoms with Crippen LogP contribution < -0.4 is 10.6 Å². The minimum atomic E-state index is -0.0790. The van der Waals surface area contributed by atoms with Gasteiger partial charge in [-0.3, -0.25) is 9.48 Å². The number of rotatable bonds is 6. The van der Waals surface area contributed by atoms with Gasteiger partial charge in [0, 0.05) is 31.0 Å². The molecule has 0 saturated carbocycles. The third-order valence-corrected chi connectivity index (χ3v) is 3.07. The van der Waals surface area contributed by atoms with E-state index in [0.29, 0.717) is 12.1 Å². The highest BCUT2D eigenvalue weighted by atomic mass is 16.1. The first kappa shape index (κ1) is 14.1. The van der Waals surface area contributed by atoms with Crippen LogP contribution in [0.15, 0.2) is 36.5 Å². The number of benzene rings is 1. The Hall–Kier alpha value is -2.30. The standard InChI is InChI=1S/C15H20N4O/c1-3-9-19-14(7-8-18-19)11-17-13-6-4-5-12(10-13)15(20)16-2/h4-8,10,17H,3,9,11H2,1-2H3,(H,16,20). The highest BCUT2D eigenvalue weighted by Gasteiger charge is 2.05. The molecule has 1 amide bonds. The first-order valence-corrected chi connectivity index (χ1v) is 6.81. The molecule has 106 valence electrons. The fourth-order valence-corrected chi connectivity index (χ4v) is 2.03. The predicted octanol–water partition coefficient (Wildman–Crippen LogP) is 2.26. The molecule has 0 aliphatic rings. The van der Waals surface area contributed by atoms with Gasteiger partial charge in [0.2, 0.25) is 0 Å².